The highest BCUT2D eigenvalue weighted by Gasteiger charge is 2.17. The molecule has 2 aromatic rings. The smallest absolute Gasteiger partial charge is 0.336 e. The van der Waals surface area contributed by atoms with Gasteiger partial charge in [-0.3, -0.25) is 5.10 Å². The van der Waals surface area contributed by atoms with Crippen LogP contribution in [-0.4, -0.2) is 26.3 Å². The van der Waals surface area contributed by atoms with Crippen molar-refractivity contribution in [2.75, 3.05) is 0 Å². The first-order valence-corrected chi connectivity index (χ1v) is 4.17. The summed E-state index contributed by atoms with van der Waals surface area (Å²) < 4.78 is 25.9. The first kappa shape index (κ1) is 10.2. The van der Waals surface area contributed by atoms with Crippen molar-refractivity contribution in [2.24, 2.45) is 0 Å². The first-order valence-electron chi connectivity index (χ1n) is 4.17. The van der Waals surface area contributed by atoms with Gasteiger partial charge in [0.05, 0.1) is 5.56 Å². The Morgan fingerprint density at radius 1 is 1.31 bits per heavy atom. The third-order valence-electron chi connectivity index (χ3n) is 1.96. The molecule has 2 rings (SSSR count). The standard InChI is InChI=1S/C9H5F2N3O2/c10-6-1-4(8-12-3-13-14-8)5(9(15)16)2-7(6)11/h1-3H,(H,15,16)(H,12,13,14). The van der Waals surface area contributed by atoms with Crippen LogP contribution in [0.4, 0.5) is 8.78 Å². The lowest BCUT2D eigenvalue weighted by molar-refractivity contribution is 0.0697. The van der Waals surface area contributed by atoms with E-state index in [1.807, 2.05) is 0 Å². The molecule has 7 heteroatoms. The molecule has 1 aromatic carbocycles. The van der Waals surface area contributed by atoms with E-state index >= 15 is 0 Å². The fourth-order valence-corrected chi connectivity index (χ4v) is 1.25. The summed E-state index contributed by atoms with van der Waals surface area (Å²) in [5, 5.41) is 14.7. The first-order chi connectivity index (χ1) is 7.59. The number of carboxylic acids is 1. The number of aromatic nitrogens is 3. The summed E-state index contributed by atoms with van der Waals surface area (Å²) in [6.45, 7) is 0. The van der Waals surface area contributed by atoms with Crippen LogP contribution >= 0.6 is 0 Å². The number of carbonyl (C=O) groups is 1. The summed E-state index contributed by atoms with van der Waals surface area (Å²) in [4.78, 5) is 14.5. The molecule has 0 amide bonds. The van der Waals surface area contributed by atoms with Crippen molar-refractivity contribution in [2.45, 2.75) is 0 Å². The number of H-pyrrole nitrogens is 1. The minimum Gasteiger partial charge on any atom is -0.478 e. The summed E-state index contributed by atoms with van der Waals surface area (Å²) in [7, 11) is 0. The zero-order valence-electron chi connectivity index (χ0n) is 7.74. The van der Waals surface area contributed by atoms with Gasteiger partial charge in [0.1, 0.15) is 6.33 Å². The van der Waals surface area contributed by atoms with Crippen LogP contribution in [-0.2, 0) is 0 Å². The van der Waals surface area contributed by atoms with E-state index < -0.39 is 17.6 Å². The minimum absolute atomic E-state index is 0.0519. The van der Waals surface area contributed by atoms with E-state index in [9.17, 15) is 13.6 Å². The van der Waals surface area contributed by atoms with Crippen LogP contribution < -0.4 is 0 Å². The third-order valence-corrected chi connectivity index (χ3v) is 1.96. The van der Waals surface area contributed by atoms with Gasteiger partial charge < -0.3 is 5.11 Å². The van der Waals surface area contributed by atoms with Gasteiger partial charge in [-0.15, -0.1) is 0 Å². The molecule has 0 aliphatic carbocycles. The van der Waals surface area contributed by atoms with Gasteiger partial charge in [0.15, 0.2) is 17.5 Å². The van der Waals surface area contributed by atoms with Crippen LogP contribution in [0.25, 0.3) is 11.4 Å². The van der Waals surface area contributed by atoms with Gasteiger partial charge in [-0.25, -0.2) is 18.6 Å². The summed E-state index contributed by atoms with van der Waals surface area (Å²) in [5.41, 5.74) is -0.431. The molecule has 2 N–H and O–H groups in total. The molecule has 0 aliphatic rings. The van der Waals surface area contributed by atoms with E-state index in [2.05, 4.69) is 15.2 Å². The molecule has 1 aromatic heterocycles. The molecule has 0 saturated carbocycles. The number of carboxylic acid groups (broad SMARTS) is 1. The molecule has 0 atom stereocenters. The molecular weight excluding hydrogens is 220 g/mol. The maximum absolute atomic E-state index is 13.0. The van der Waals surface area contributed by atoms with E-state index in [1.54, 1.807) is 0 Å². The number of aromatic amines is 1. The van der Waals surface area contributed by atoms with E-state index in [4.69, 9.17) is 5.11 Å². The summed E-state index contributed by atoms with van der Waals surface area (Å²) in [6.07, 6.45) is 1.14. The quantitative estimate of drug-likeness (QED) is 0.810. The Balaban J connectivity index is 2.68. The number of nitrogens with zero attached hydrogens (tertiary/aromatic N) is 2. The molecule has 82 valence electrons. The average molecular weight is 225 g/mol. The van der Waals surface area contributed by atoms with Gasteiger partial charge in [-0.05, 0) is 12.1 Å². The van der Waals surface area contributed by atoms with Crippen LogP contribution in [0.3, 0.4) is 0 Å². The number of hydrogen-bond donors (Lipinski definition) is 2. The number of benzene rings is 1. The molecule has 0 fully saturated rings. The van der Waals surface area contributed by atoms with Crippen molar-refractivity contribution in [3.8, 4) is 11.4 Å². The Kier molecular flexibility index (Phi) is 2.35. The van der Waals surface area contributed by atoms with Crippen molar-refractivity contribution in [3.63, 3.8) is 0 Å². The van der Waals surface area contributed by atoms with Crippen molar-refractivity contribution >= 4 is 5.97 Å². The Morgan fingerprint density at radius 3 is 2.56 bits per heavy atom. The summed E-state index contributed by atoms with van der Waals surface area (Å²) in [6, 6.07) is 1.37. The predicted octanol–water partition coefficient (Wildman–Crippen LogP) is 1.45. The van der Waals surface area contributed by atoms with E-state index in [0.29, 0.717) is 6.07 Å². The van der Waals surface area contributed by atoms with Crippen molar-refractivity contribution in [1.29, 1.82) is 0 Å². The SMILES string of the molecule is O=C(O)c1cc(F)c(F)cc1-c1ncn[nH]1. The Morgan fingerprint density at radius 2 is 2.00 bits per heavy atom. The Labute approximate surface area is 87.8 Å². The molecule has 0 aliphatic heterocycles. The van der Waals surface area contributed by atoms with E-state index in [0.717, 1.165) is 12.4 Å². The maximum Gasteiger partial charge on any atom is 0.336 e. The largest absolute Gasteiger partial charge is 0.478 e. The highest BCUT2D eigenvalue weighted by molar-refractivity contribution is 5.94. The minimum atomic E-state index is -1.37. The van der Waals surface area contributed by atoms with Gasteiger partial charge in [0.25, 0.3) is 0 Å². The lowest BCUT2D eigenvalue weighted by Gasteiger charge is -2.03. The van der Waals surface area contributed by atoms with Gasteiger partial charge >= 0.3 is 5.97 Å². The zero-order chi connectivity index (χ0) is 11.7. The number of aromatic carboxylic acids is 1. The number of hydrogen-bond acceptors (Lipinski definition) is 3. The molecule has 0 bridgehead atoms. The van der Waals surface area contributed by atoms with Gasteiger partial charge in [0.2, 0.25) is 0 Å². The molecule has 0 spiro atoms. The van der Waals surface area contributed by atoms with Crippen LogP contribution in [0.1, 0.15) is 10.4 Å². The number of nitrogens with one attached hydrogen (secondary N) is 1. The highest BCUT2D eigenvalue weighted by Crippen LogP contribution is 2.23. The monoisotopic (exact) mass is 225 g/mol. The lowest BCUT2D eigenvalue weighted by Crippen LogP contribution is -2.03. The second-order valence-electron chi connectivity index (χ2n) is 2.95. The van der Waals surface area contributed by atoms with Gasteiger partial charge in [-0.1, -0.05) is 0 Å². The third kappa shape index (κ3) is 1.62. The molecule has 0 radical (unpaired) electrons. The van der Waals surface area contributed by atoms with E-state index in [1.165, 1.54) is 0 Å². The molecule has 1 heterocycles. The van der Waals surface area contributed by atoms with Crippen LogP contribution in [0.2, 0.25) is 0 Å². The topological polar surface area (TPSA) is 78.9 Å². The molecule has 16 heavy (non-hydrogen) atoms. The highest BCUT2D eigenvalue weighted by atomic mass is 19.2. The lowest BCUT2D eigenvalue weighted by atomic mass is 10.1. The fraction of sp³-hybridized carbons (Fsp3) is 0. The molecular formula is C9H5F2N3O2. The van der Waals surface area contributed by atoms with Gasteiger partial charge in [-0.2, -0.15) is 5.10 Å². The van der Waals surface area contributed by atoms with Crippen LogP contribution in [0.5, 0.6) is 0 Å². The maximum atomic E-state index is 13.0. The van der Waals surface area contributed by atoms with Gasteiger partial charge in [0, 0.05) is 5.56 Å². The fourth-order valence-electron chi connectivity index (χ4n) is 1.25. The second-order valence-corrected chi connectivity index (χ2v) is 2.95. The molecule has 0 unspecified atom stereocenters. The predicted molar refractivity (Wildman–Crippen MR) is 48.7 cm³/mol. The van der Waals surface area contributed by atoms with Crippen molar-refractivity contribution < 1.29 is 18.7 Å². The van der Waals surface area contributed by atoms with E-state index in [-0.39, 0.29) is 17.0 Å². The van der Waals surface area contributed by atoms with Crippen molar-refractivity contribution in [3.05, 3.63) is 35.7 Å². The van der Waals surface area contributed by atoms with Crippen LogP contribution in [0.15, 0.2) is 18.5 Å². The normalized spacial score (nSPS) is 10.4. The Bertz CT molecular complexity index is 540. The second kappa shape index (κ2) is 3.69. The van der Waals surface area contributed by atoms with Crippen LogP contribution in [0, 0.1) is 11.6 Å². The zero-order valence-corrected chi connectivity index (χ0v) is 7.74. The van der Waals surface area contributed by atoms with Crippen molar-refractivity contribution in [1.82, 2.24) is 15.2 Å². The number of rotatable bonds is 2. The summed E-state index contributed by atoms with van der Waals surface area (Å²) >= 11 is 0. The molecule has 5 nitrogen and oxygen atoms in total. The molecule has 0 saturated heterocycles. The summed E-state index contributed by atoms with van der Waals surface area (Å²) in [5.74, 6) is -3.67. The number of halogens is 2. The Hall–Kier alpha value is -2.31. The average Bonchev–Trinajstić information content (AvgIpc) is 2.74.